The smallest absolute Gasteiger partial charge is 0.245 e. The van der Waals surface area contributed by atoms with Gasteiger partial charge in [-0.25, -0.2) is 26.6 Å². The maximum atomic E-state index is 13.2. The van der Waals surface area contributed by atoms with E-state index in [1.165, 1.54) is 22.5 Å². The Kier molecular flexibility index (Phi) is 6.47. The Hall–Kier alpha value is -2.87. The van der Waals surface area contributed by atoms with Crippen molar-refractivity contribution >= 4 is 37.0 Å². The Morgan fingerprint density at radius 2 is 1.88 bits per heavy atom. The first-order valence-corrected chi connectivity index (χ1v) is 13.3. The number of nitrogens with one attached hydrogen (secondary N) is 1. The summed E-state index contributed by atoms with van der Waals surface area (Å²) in [5, 5.41) is 15.3. The number of fused-ring (bicyclic) bond motifs is 1. The van der Waals surface area contributed by atoms with Gasteiger partial charge in [0.2, 0.25) is 26.0 Å². The van der Waals surface area contributed by atoms with Crippen molar-refractivity contribution in [1.82, 2.24) is 19.9 Å². The van der Waals surface area contributed by atoms with Crippen LogP contribution in [0.5, 0.6) is 0 Å². The van der Waals surface area contributed by atoms with Crippen molar-refractivity contribution < 1.29 is 26.3 Å². The number of sulfonamides is 2. The van der Waals surface area contributed by atoms with Crippen LogP contribution in [-0.2, 0) is 31.3 Å². The third kappa shape index (κ3) is 5.05. The standard InChI is InChI=1S/C20H23N5O6S2/c21-32(27,28)16-8-6-14(7-9-16)10-11-22-20(26)15-3-2-12-25(13-15)33(29,30)18-5-1-4-17-19(18)24-31-23-17/h1,4-9,15H,2-3,10-13H2,(H,22,26)(H2,21,27,28)/t15-/m1/s1. The number of nitrogens with zero attached hydrogens (tertiary/aromatic N) is 3. The molecule has 0 bridgehead atoms. The number of carbonyl (C=O) groups is 1. The highest BCUT2D eigenvalue weighted by Gasteiger charge is 2.34. The van der Waals surface area contributed by atoms with Gasteiger partial charge in [0.05, 0.1) is 10.8 Å². The highest BCUT2D eigenvalue weighted by molar-refractivity contribution is 7.89. The summed E-state index contributed by atoms with van der Waals surface area (Å²) >= 11 is 0. The Labute approximate surface area is 191 Å². The van der Waals surface area contributed by atoms with E-state index in [0.717, 1.165) is 5.56 Å². The van der Waals surface area contributed by atoms with Crippen molar-refractivity contribution in [2.45, 2.75) is 29.1 Å². The van der Waals surface area contributed by atoms with Gasteiger partial charge >= 0.3 is 0 Å². The lowest BCUT2D eigenvalue weighted by atomic mass is 9.99. The van der Waals surface area contributed by atoms with Gasteiger partial charge < -0.3 is 5.32 Å². The second-order valence-electron chi connectivity index (χ2n) is 7.82. The lowest BCUT2D eigenvalue weighted by Gasteiger charge is -2.31. The van der Waals surface area contributed by atoms with Crippen molar-refractivity contribution in [3.05, 3.63) is 48.0 Å². The predicted octanol–water partition coefficient (Wildman–Crippen LogP) is 0.630. The van der Waals surface area contributed by atoms with Crippen LogP contribution in [0, 0.1) is 5.92 Å². The first-order chi connectivity index (χ1) is 15.7. The zero-order chi connectivity index (χ0) is 23.6. The van der Waals surface area contributed by atoms with E-state index in [2.05, 4.69) is 20.3 Å². The zero-order valence-corrected chi connectivity index (χ0v) is 19.2. The summed E-state index contributed by atoms with van der Waals surface area (Å²) in [4.78, 5) is 12.7. The highest BCUT2D eigenvalue weighted by atomic mass is 32.2. The highest BCUT2D eigenvalue weighted by Crippen LogP contribution is 2.27. The average Bonchev–Trinajstić information content (AvgIpc) is 3.28. The van der Waals surface area contributed by atoms with E-state index in [1.54, 1.807) is 24.3 Å². The maximum Gasteiger partial charge on any atom is 0.245 e. The molecule has 1 atom stereocenters. The summed E-state index contributed by atoms with van der Waals surface area (Å²) in [6.07, 6.45) is 1.63. The Bertz CT molecular complexity index is 1370. The van der Waals surface area contributed by atoms with E-state index >= 15 is 0 Å². The molecule has 1 fully saturated rings. The first kappa shape index (κ1) is 23.3. The number of hydrogen-bond acceptors (Lipinski definition) is 8. The number of carbonyl (C=O) groups excluding carboxylic acids is 1. The summed E-state index contributed by atoms with van der Waals surface area (Å²) in [6, 6.07) is 10.7. The summed E-state index contributed by atoms with van der Waals surface area (Å²) < 4.78 is 55.0. The number of aromatic nitrogens is 2. The van der Waals surface area contributed by atoms with Crippen molar-refractivity contribution in [2.24, 2.45) is 11.1 Å². The molecule has 1 amide bonds. The van der Waals surface area contributed by atoms with Crippen LogP contribution in [0.1, 0.15) is 18.4 Å². The van der Waals surface area contributed by atoms with Gasteiger partial charge in [-0.1, -0.05) is 18.2 Å². The normalized spacial score (nSPS) is 17.8. The van der Waals surface area contributed by atoms with Crippen molar-refractivity contribution in [3.63, 3.8) is 0 Å². The molecule has 176 valence electrons. The van der Waals surface area contributed by atoms with Crippen molar-refractivity contribution in [1.29, 1.82) is 0 Å². The topological polar surface area (TPSA) is 166 Å². The van der Waals surface area contributed by atoms with Crippen LogP contribution in [0.2, 0.25) is 0 Å². The molecule has 1 aromatic heterocycles. The summed E-state index contributed by atoms with van der Waals surface area (Å²) in [6.45, 7) is 0.712. The molecular weight excluding hydrogens is 470 g/mol. The molecule has 11 nitrogen and oxygen atoms in total. The molecule has 0 saturated carbocycles. The average molecular weight is 494 g/mol. The zero-order valence-electron chi connectivity index (χ0n) is 17.5. The van der Waals surface area contributed by atoms with E-state index in [9.17, 15) is 21.6 Å². The monoisotopic (exact) mass is 493 g/mol. The van der Waals surface area contributed by atoms with E-state index < -0.39 is 26.0 Å². The third-order valence-corrected chi connectivity index (χ3v) is 8.41. The fourth-order valence-corrected chi connectivity index (χ4v) is 6.00. The van der Waals surface area contributed by atoms with E-state index in [4.69, 9.17) is 5.14 Å². The number of rotatable bonds is 7. The summed E-state index contributed by atoms with van der Waals surface area (Å²) in [5.41, 5.74) is 1.35. The predicted molar refractivity (Wildman–Crippen MR) is 118 cm³/mol. The fourth-order valence-electron chi connectivity index (χ4n) is 3.82. The molecule has 0 radical (unpaired) electrons. The van der Waals surface area contributed by atoms with Gasteiger partial charge in [0, 0.05) is 19.6 Å². The summed E-state index contributed by atoms with van der Waals surface area (Å²) in [7, 11) is -7.62. The maximum absolute atomic E-state index is 13.2. The molecular formula is C20H23N5O6S2. The lowest BCUT2D eigenvalue weighted by molar-refractivity contribution is -0.126. The SMILES string of the molecule is NS(=O)(=O)c1ccc(CCNC(=O)[C@@H]2CCCN(S(=O)(=O)c3cccc4nonc34)C2)cc1. The minimum absolute atomic E-state index is 0.00486. The minimum Gasteiger partial charge on any atom is -0.355 e. The van der Waals surface area contributed by atoms with E-state index in [1.807, 2.05) is 0 Å². The number of benzene rings is 2. The molecule has 0 spiro atoms. The van der Waals surface area contributed by atoms with Crippen LogP contribution in [0.3, 0.4) is 0 Å². The van der Waals surface area contributed by atoms with Gasteiger partial charge in [0.15, 0.2) is 5.52 Å². The third-order valence-electron chi connectivity index (χ3n) is 5.59. The van der Waals surface area contributed by atoms with Gasteiger partial charge in [-0.2, -0.15) is 4.31 Å². The van der Waals surface area contributed by atoms with Crippen LogP contribution in [-0.4, -0.2) is 57.0 Å². The van der Waals surface area contributed by atoms with Gasteiger partial charge in [-0.05, 0) is 59.4 Å². The van der Waals surface area contributed by atoms with E-state index in [-0.39, 0.29) is 27.8 Å². The number of hydrogen-bond donors (Lipinski definition) is 2. The van der Waals surface area contributed by atoms with Crippen LogP contribution in [0.25, 0.3) is 11.0 Å². The molecule has 1 aliphatic rings. The molecule has 4 rings (SSSR count). The quantitative estimate of drug-likeness (QED) is 0.483. The fraction of sp³-hybridized carbons (Fsp3) is 0.350. The second kappa shape index (κ2) is 9.17. The first-order valence-electron chi connectivity index (χ1n) is 10.3. The molecule has 2 aromatic carbocycles. The molecule has 1 saturated heterocycles. The number of nitrogens with two attached hydrogens (primary N) is 1. The minimum atomic E-state index is -3.87. The van der Waals surface area contributed by atoms with Gasteiger partial charge in [-0.15, -0.1) is 0 Å². The molecule has 13 heteroatoms. The van der Waals surface area contributed by atoms with Crippen molar-refractivity contribution in [3.8, 4) is 0 Å². The van der Waals surface area contributed by atoms with Gasteiger partial charge in [-0.3, -0.25) is 4.79 Å². The van der Waals surface area contributed by atoms with Crippen LogP contribution < -0.4 is 10.5 Å². The molecule has 0 aliphatic carbocycles. The van der Waals surface area contributed by atoms with Crippen LogP contribution in [0.4, 0.5) is 0 Å². The number of amides is 1. The van der Waals surface area contributed by atoms with Crippen LogP contribution in [0.15, 0.2) is 56.9 Å². The van der Waals surface area contributed by atoms with Crippen LogP contribution >= 0.6 is 0 Å². The lowest BCUT2D eigenvalue weighted by Crippen LogP contribution is -2.45. The molecule has 3 aromatic rings. The molecule has 2 heterocycles. The molecule has 33 heavy (non-hydrogen) atoms. The Morgan fingerprint density at radius 3 is 2.61 bits per heavy atom. The summed E-state index contributed by atoms with van der Waals surface area (Å²) in [5.74, 6) is -0.703. The molecule has 3 N–H and O–H groups in total. The van der Waals surface area contributed by atoms with Gasteiger partial charge in [0.25, 0.3) is 0 Å². The molecule has 1 aliphatic heterocycles. The van der Waals surface area contributed by atoms with E-state index in [0.29, 0.717) is 37.9 Å². The van der Waals surface area contributed by atoms with Crippen molar-refractivity contribution in [2.75, 3.05) is 19.6 Å². The number of piperidine rings is 1. The number of primary sulfonamides is 1. The Morgan fingerprint density at radius 1 is 1.12 bits per heavy atom. The van der Waals surface area contributed by atoms with Gasteiger partial charge in [0.1, 0.15) is 10.4 Å². The largest absolute Gasteiger partial charge is 0.355 e. The second-order valence-corrected chi connectivity index (χ2v) is 11.3. The molecule has 0 unspecified atom stereocenters. The Balaban J connectivity index is 1.37.